The Labute approximate surface area is 236 Å². The molecule has 4 aromatic heterocycles. The van der Waals surface area contributed by atoms with Crippen LogP contribution in [0.1, 0.15) is 36.3 Å². The van der Waals surface area contributed by atoms with Crippen LogP contribution in [0.25, 0.3) is 39.2 Å². The number of likely N-dealkylation sites (tertiary alicyclic amines) is 1. The van der Waals surface area contributed by atoms with Crippen LogP contribution in [0.4, 0.5) is 14.7 Å². The Morgan fingerprint density at radius 3 is 2.54 bits per heavy atom. The van der Waals surface area contributed by atoms with E-state index in [1.165, 1.54) is 0 Å². The fourth-order valence-electron chi connectivity index (χ4n) is 6.34. The molecule has 0 amide bonds. The fraction of sp³-hybridized carbons (Fsp3) is 0.355. The van der Waals surface area contributed by atoms with Gasteiger partial charge in [-0.15, -0.1) is 0 Å². The lowest BCUT2D eigenvalue weighted by Gasteiger charge is -2.44. The predicted molar refractivity (Wildman–Crippen MR) is 153 cm³/mol. The standard InChI is InChI=1S/C31H31F2N7O/c1-18-14-34-30(36-24-10-7-11-26(24)39-16-31(32,33)17-39)37-28(18)23-15-40(21-8-5-4-6-9-21)29-22(23)12-13-25(35-29)27-19(2)38-41-20(27)3/h4-6,8-9,12-15,24,26H,7,10-11,16-17H2,1-3H3,(H,34,36,37)/t24-,26-/m0/s1. The van der Waals surface area contributed by atoms with Gasteiger partial charge in [0.05, 0.1) is 35.7 Å². The summed E-state index contributed by atoms with van der Waals surface area (Å²) in [7, 11) is 0. The fourth-order valence-corrected chi connectivity index (χ4v) is 6.34. The summed E-state index contributed by atoms with van der Waals surface area (Å²) < 4.78 is 34.6. The van der Waals surface area contributed by atoms with Gasteiger partial charge in [-0.1, -0.05) is 23.4 Å². The number of nitrogens with one attached hydrogen (secondary N) is 1. The van der Waals surface area contributed by atoms with Gasteiger partial charge in [0.2, 0.25) is 5.95 Å². The number of rotatable bonds is 6. The summed E-state index contributed by atoms with van der Waals surface area (Å²) in [6.07, 6.45) is 6.69. The SMILES string of the molecule is Cc1cnc(N[C@H]2CCC[C@@H]2N2CC(F)(F)C2)nc1-c1cn(-c2ccccc2)c2nc(-c3c(C)noc3C)ccc12. The van der Waals surface area contributed by atoms with E-state index in [9.17, 15) is 8.78 Å². The molecule has 1 saturated carbocycles. The van der Waals surface area contributed by atoms with Gasteiger partial charge in [0.1, 0.15) is 11.4 Å². The molecule has 1 aliphatic heterocycles. The minimum atomic E-state index is -2.58. The highest BCUT2D eigenvalue weighted by atomic mass is 19.3. The second kappa shape index (κ2) is 9.73. The quantitative estimate of drug-likeness (QED) is 0.261. The van der Waals surface area contributed by atoms with Crippen molar-refractivity contribution in [3.05, 3.63) is 71.9 Å². The number of halogens is 2. The third-order valence-electron chi connectivity index (χ3n) is 8.33. The van der Waals surface area contributed by atoms with Gasteiger partial charge in [0.15, 0.2) is 0 Å². The van der Waals surface area contributed by atoms with E-state index in [1.807, 2.05) is 68.3 Å². The summed E-state index contributed by atoms with van der Waals surface area (Å²) in [5.74, 6) is -1.34. The van der Waals surface area contributed by atoms with Crippen molar-refractivity contribution in [1.29, 1.82) is 0 Å². The Balaban J connectivity index is 1.29. The first kappa shape index (κ1) is 25.8. The number of anilines is 1. The van der Waals surface area contributed by atoms with Gasteiger partial charge in [0, 0.05) is 41.1 Å². The molecule has 5 aromatic rings. The maximum Gasteiger partial charge on any atom is 0.272 e. The average Bonchev–Trinajstić information content (AvgIpc) is 3.65. The Kier molecular flexibility index (Phi) is 6.11. The van der Waals surface area contributed by atoms with Gasteiger partial charge in [-0.2, -0.15) is 0 Å². The van der Waals surface area contributed by atoms with Crippen molar-refractivity contribution in [2.45, 2.75) is 58.0 Å². The highest BCUT2D eigenvalue weighted by Crippen LogP contribution is 2.37. The molecule has 2 aliphatic rings. The van der Waals surface area contributed by atoms with Crippen LogP contribution in [0.2, 0.25) is 0 Å². The number of hydrogen-bond donors (Lipinski definition) is 1. The Morgan fingerprint density at radius 2 is 1.80 bits per heavy atom. The number of benzene rings is 1. The van der Waals surface area contributed by atoms with Crippen LogP contribution < -0.4 is 5.32 Å². The van der Waals surface area contributed by atoms with Gasteiger partial charge >= 0.3 is 0 Å². The zero-order chi connectivity index (χ0) is 28.3. The van der Waals surface area contributed by atoms with E-state index in [0.717, 1.165) is 75.5 Å². The zero-order valence-corrected chi connectivity index (χ0v) is 23.2. The second-order valence-electron chi connectivity index (χ2n) is 11.3. The average molecular weight is 556 g/mol. The first-order valence-corrected chi connectivity index (χ1v) is 14.0. The number of pyridine rings is 1. The van der Waals surface area contributed by atoms with Crippen LogP contribution in [-0.4, -0.2) is 60.7 Å². The van der Waals surface area contributed by atoms with E-state index in [2.05, 4.69) is 32.3 Å². The van der Waals surface area contributed by atoms with Gasteiger partial charge in [-0.3, -0.25) is 4.90 Å². The smallest absolute Gasteiger partial charge is 0.272 e. The van der Waals surface area contributed by atoms with E-state index < -0.39 is 5.92 Å². The molecule has 1 saturated heterocycles. The Bertz CT molecular complexity index is 1720. The molecule has 210 valence electrons. The first-order chi connectivity index (χ1) is 19.8. The number of aromatic nitrogens is 5. The van der Waals surface area contributed by atoms with Gasteiger partial charge in [0.25, 0.3) is 5.92 Å². The topological polar surface area (TPSA) is 84.9 Å². The molecule has 1 aliphatic carbocycles. The molecule has 0 spiro atoms. The molecular weight excluding hydrogens is 524 g/mol. The largest absolute Gasteiger partial charge is 0.361 e. The second-order valence-corrected chi connectivity index (χ2v) is 11.3. The van der Waals surface area contributed by atoms with Crippen LogP contribution in [0, 0.1) is 20.8 Å². The van der Waals surface area contributed by atoms with Gasteiger partial charge in [-0.05, 0) is 69.9 Å². The zero-order valence-electron chi connectivity index (χ0n) is 23.2. The van der Waals surface area contributed by atoms with E-state index in [4.69, 9.17) is 14.5 Å². The maximum atomic E-state index is 13.6. The Morgan fingerprint density at radius 1 is 1.00 bits per heavy atom. The van der Waals surface area contributed by atoms with Gasteiger partial charge in [-0.25, -0.2) is 23.7 Å². The monoisotopic (exact) mass is 555 g/mol. The van der Waals surface area contributed by atoms with E-state index in [1.54, 1.807) is 0 Å². The summed E-state index contributed by atoms with van der Waals surface area (Å²) in [6.45, 7) is 5.47. The normalized spacial score (nSPS) is 20.4. The molecule has 2 fully saturated rings. The van der Waals surface area contributed by atoms with Crippen molar-refractivity contribution < 1.29 is 13.3 Å². The maximum absolute atomic E-state index is 13.6. The van der Waals surface area contributed by atoms with Crippen LogP contribution in [0.15, 0.2) is 59.4 Å². The summed E-state index contributed by atoms with van der Waals surface area (Å²) in [6, 6.07) is 14.3. The minimum absolute atomic E-state index is 0.0339. The van der Waals surface area contributed by atoms with E-state index in [0.29, 0.717) is 5.95 Å². The third kappa shape index (κ3) is 4.56. The van der Waals surface area contributed by atoms with Crippen molar-refractivity contribution in [3.8, 4) is 28.2 Å². The van der Waals surface area contributed by atoms with E-state index in [-0.39, 0.29) is 25.2 Å². The van der Waals surface area contributed by atoms with Crippen molar-refractivity contribution in [3.63, 3.8) is 0 Å². The molecule has 8 nitrogen and oxygen atoms in total. The molecule has 10 heteroatoms. The molecule has 2 atom stereocenters. The molecule has 0 radical (unpaired) electrons. The molecule has 1 aromatic carbocycles. The molecule has 5 heterocycles. The number of fused-ring (bicyclic) bond motifs is 1. The highest BCUT2D eigenvalue weighted by Gasteiger charge is 2.49. The highest BCUT2D eigenvalue weighted by molar-refractivity contribution is 5.96. The Hall–Kier alpha value is -4.18. The number of aryl methyl sites for hydroxylation is 3. The summed E-state index contributed by atoms with van der Waals surface area (Å²) >= 11 is 0. The summed E-state index contributed by atoms with van der Waals surface area (Å²) in [5, 5.41) is 8.56. The lowest BCUT2D eigenvalue weighted by atomic mass is 10.0. The molecule has 1 N–H and O–H groups in total. The molecular formula is C31H31F2N7O. The van der Waals surface area contributed by atoms with Crippen LogP contribution in [-0.2, 0) is 0 Å². The molecule has 41 heavy (non-hydrogen) atoms. The van der Waals surface area contributed by atoms with Crippen molar-refractivity contribution in [2.75, 3.05) is 18.4 Å². The minimum Gasteiger partial charge on any atom is -0.361 e. The van der Waals surface area contributed by atoms with E-state index >= 15 is 0 Å². The van der Waals surface area contributed by atoms with Crippen molar-refractivity contribution in [1.82, 2.24) is 29.6 Å². The molecule has 0 unspecified atom stereocenters. The molecule has 0 bridgehead atoms. The number of alkyl halides is 2. The number of nitrogens with zero attached hydrogens (tertiary/aromatic N) is 6. The lowest BCUT2D eigenvalue weighted by Crippen LogP contribution is -2.62. The van der Waals surface area contributed by atoms with Gasteiger partial charge < -0.3 is 14.4 Å². The van der Waals surface area contributed by atoms with Crippen LogP contribution in [0.3, 0.4) is 0 Å². The number of para-hydroxylation sites is 1. The van der Waals surface area contributed by atoms with Crippen LogP contribution in [0.5, 0.6) is 0 Å². The van der Waals surface area contributed by atoms with Crippen molar-refractivity contribution in [2.24, 2.45) is 0 Å². The first-order valence-electron chi connectivity index (χ1n) is 14.0. The summed E-state index contributed by atoms with van der Waals surface area (Å²) in [5.41, 5.74) is 6.94. The number of hydrogen-bond acceptors (Lipinski definition) is 7. The van der Waals surface area contributed by atoms with Crippen molar-refractivity contribution >= 4 is 17.0 Å². The van der Waals surface area contributed by atoms with Crippen LogP contribution >= 0.6 is 0 Å². The summed E-state index contributed by atoms with van der Waals surface area (Å²) in [4.78, 5) is 16.5. The lowest BCUT2D eigenvalue weighted by molar-refractivity contribution is -0.145. The predicted octanol–water partition coefficient (Wildman–Crippen LogP) is 6.35. The molecule has 7 rings (SSSR count). The third-order valence-corrected chi connectivity index (χ3v) is 8.33.